The molecule has 76 heavy (non-hydrogen) atoms. The fourth-order valence-electron chi connectivity index (χ4n) is 12.5. The van der Waals surface area contributed by atoms with Crippen molar-refractivity contribution < 1.29 is 40.9 Å². The van der Waals surface area contributed by atoms with Gasteiger partial charge in [-0.05, 0) is 244 Å². The Morgan fingerprint density at radius 1 is 0.263 bits per heavy atom. The minimum absolute atomic E-state index is 0.131. The Labute approximate surface area is 448 Å². The number of rotatable bonds is 15. The van der Waals surface area contributed by atoms with Crippen LogP contribution in [-0.4, -0.2) is 40.9 Å². The molecule has 8 nitrogen and oxygen atoms in total. The molecule has 8 aromatic carbocycles. The van der Waals surface area contributed by atoms with E-state index in [0.29, 0.717) is 59.1 Å². The molecule has 0 spiro atoms. The summed E-state index contributed by atoms with van der Waals surface area (Å²) in [7, 11) is 0. The third kappa shape index (κ3) is 9.82. The van der Waals surface area contributed by atoms with E-state index in [0.717, 1.165) is 77.9 Å². The van der Waals surface area contributed by atoms with E-state index in [1.54, 1.807) is 24.3 Å². The average Bonchev–Trinajstić information content (AvgIpc) is 3.37. The van der Waals surface area contributed by atoms with E-state index in [-0.39, 0.29) is 57.8 Å². The van der Waals surface area contributed by atoms with Gasteiger partial charge in [0.2, 0.25) is 0 Å². The van der Waals surface area contributed by atoms with Gasteiger partial charge >= 0.3 is 0 Å². The molecule has 0 aliphatic heterocycles. The van der Waals surface area contributed by atoms with E-state index in [1.807, 2.05) is 119 Å². The Morgan fingerprint density at radius 3 is 0.776 bits per heavy atom. The van der Waals surface area contributed by atoms with Crippen LogP contribution in [0.1, 0.15) is 149 Å². The summed E-state index contributed by atoms with van der Waals surface area (Å²) in [6.07, 6.45) is 1.84. The van der Waals surface area contributed by atoms with Gasteiger partial charge in [0.15, 0.2) is 0 Å². The predicted molar refractivity (Wildman–Crippen MR) is 305 cm³/mol. The second-order valence-electron chi connectivity index (χ2n) is 22.0. The Bertz CT molecular complexity index is 3220. The molecule has 394 valence electrons. The molecule has 0 bridgehead atoms. The number of hydrogen-bond acceptors (Lipinski definition) is 8. The number of hydrogen-bond donors (Lipinski definition) is 8. The lowest BCUT2D eigenvalue weighted by atomic mass is 9.47. The summed E-state index contributed by atoms with van der Waals surface area (Å²) in [6.45, 7) is 22.9. The molecule has 8 rings (SSSR count). The SMILES string of the molecule is Cc1cc(C(CCC(c2ccc(O)c(C)c2)(c2ccc(O)c(C)c2)C(CCC(c2cc(C)c(O)c(C)c2)c2cc(C)c(O)c(C)c2)(c2cc(C)c(O)c(C)c2)c2cc(C)c(O)c(C)c2)c2ccc(O)c(C)c2)ccc1O. The minimum atomic E-state index is -1.16. The van der Waals surface area contributed by atoms with Gasteiger partial charge in [-0.25, -0.2) is 0 Å². The Hall–Kier alpha value is -7.84. The first kappa shape index (κ1) is 54.4. The molecule has 0 atom stereocenters. The molecule has 8 N–H and O–H groups in total. The molecule has 0 saturated carbocycles. The molecule has 0 saturated heterocycles. The van der Waals surface area contributed by atoms with Gasteiger partial charge in [0.25, 0.3) is 0 Å². The lowest BCUT2D eigenvalue weighted by Crippen LogP contribution is -2.52. The Morgan fingerprint density at radius 2 is 0.487 bits per heavy atom. The zero-order valence-electron chi connectivity index (χ0n) is 46.1. The van der Waals surface area contributed by atoms with Crippen molar-refractivity contribution in [1.82, 2.24) is 0 Å². The van der Waals surface area contributed by atoms with Crippen molar-refractivity contribution in [3.8, 4) is 46.0 Å². The zero-order chi connectivity index (χ0) is 55.3. The van der Waals surface area contributed by atoms with E-state index in [9.17, 15) is 40.9 Å². The van der Waals surface area contributed by atoms with E-state index in [1.165, 1.54) is 0 Å². The minimum Gasteiger partial charge on any atom is -0.508 e. The maximum Gasteiger partial charge on any atom is 0.121 e. The first-order valence-corrected chi connectivity index (χ1v) is 26.3. The van der Waals surface area contributed by atoms with Gasteiger partial charge in [0.05, 0.1) is 0 Å². The fraction of sp³-hybridized carbons (Fsp3) is 0.294. The van der Waals surface area contributed by atoms with E-state index < -0.39 is 10.8 Å². The van der Waals surface area contributed by atoms with E-state index in [2.05, 4.69) is 60.7 Å². The summed E-state index contributed by atoms with van der Waals surface area (Å²) in [4.78, 5) is 0. The number of benzene rings is 8. The molecule has 0 radical (unpaired) electrons. The largest absolute Gasteiger partial charge is 0.508 e. The summed E-state index contributed by atoms with van der Waals surface area (Å²) in [6, 6.07) is 39.8. The lowest BCUT2D eigenvalue weighted by Gasteiger charge is -2.54. The molecule has 0 fully saturated rings. The summed E-state index contributed by atoms with van der Waals surface area (Å²) in [5.41, 5.74) is 13.5. The van der Waals surface area contributed by atoms with Crippen LogP contribution in [0.25, 0.3) is 0 Å². The van der Waals surface area contributed by atoms with Crippen LogP contribution >= 0.6 is 0 Å². The lowest BCUT2D eigenvalue weighted by molar-refractivity contribution is 0.250. The van der Waals surface area contributed by atoms with Gasteiger partial charge in [-0.3, -0.25) is 0 Å². The van der Waals surface area contributed by atoms with Crippen LogP contribution in [0.5, 0.6) is 46.0 Å². The smallest absolute Gasteiger partial charge is 0.121 e. The van der Waals surface area contributed by atoms with Crippen molar-refractivity contribution in [3.63, 3.8) is 0 Å². The predicted octanol–water partition coefficient (Wildman–Crippen LogP) is 15.5. The van der Waals surface area contributed by atoms with Crippen LogP contribution in [0, 0.1) is 83.1 Å². The van der Waals surface area contributed by atoms with Crippen molar-refractivity contribution in [2.75, 3.05) is 0 Å². The van der Waals surface area contributed by atoms with E-state index in [4.69, 9.17) is 0 Å². The monoisotopic (exact) mass is 1020 g/mol. The van der Waals surface area contributed by atoms with Crippen LogP contribution in [0.15, 0.2) is 121 Å². The second kappa shape index (κ2) is 21.1. The first-order chi connectivity index (χ1) is 35.9. The van der Waals surface area contributed by atoms with Crippen LogP contribution in [0.3, 0.4) is 0 Å². The van der Waals surface area contributed by atoms with Crippen molar-refractivity contribution in [1.29, 1.82) is 0 Å². The number of phenolic OH excluding ortho intramolecular Hbond substituents is 8. The highest BCUT2D eigenvalue weighted by molar-refractivity contribution is 5.63. The highest BCUT2D eigenvalue weighted by Gasteiger charge is 2.56. The maximum atomic E-state index is 11.8. The highest BCUT2D eigenvalue weighted by atomic mass is 16.3. The van der Waals surface area contributed by atoms with Crippen LogP contribution < -0.4 is 0 Å². The van der Waals surface area contributed by atoms with Gasteiger partial charge in [-0.15, -0.1) is 0 Å². The van der Waals surface area contributed by atoms with Gasteiger partial charge in [-0.2, -0.15) is 0 Å². The summed E-state index contributed by atoms with van der Waals surface area (Å²) >= 11 is 0. The van der Waals surface area contributed by atoms with Gasteiger partial charge in [0, 0.05) is 22.7 Å². The third-order valence-electron chi connectivity index (χ3n) is 16.8. The Balaban J connectivity index is 1.59. The van der Waals surface area contributed by atoms with Crippen molar-refractivity contribution >= 4 is 0 Å². The van der Waals surface area contributed by atoms with Gasteiger partial charge in [0.1, 0.15) is 46.0 Å². The summed E-state index contributed by atoms with van der Waals surface area (Å²) < 4.78 is 0. The van der Waals surface area contributed by atoms with Crippen molar-refractivity contribution in [2.45, 2.75) is 131 Å². The molecule has 0 unspecified atom stereocenters. The van der Waals surface area contributed by atoms with Gasteiger partial charge < -0.3 is 40.9 Å². The number of aryl methyl sites for hydroxylation is 12. The molecule has 8 heteroatoms. The molecule has 0 aliphatic rings. The quantitative estimate of drug-likeness (QED) is 0.0503. The molecule has 8 aromatic rings. The summed E-state index contributed by atoms with van der Waals surface area (Å²) in [5, 5.41) is 90.9. The fourth-order valence-corrected chi connectivity index (χ4v) is 12.5. The van der Waals surface area contributed by atoms with Crippen LogP contribution in [-0.2, 0) is 10.8 Å². The maximum absolute atomic E-state index is 11.8. The second-order valence-corrected chi connectivity index (χ2v) is 22.0. The Kier molecular flexibility index (Phi) is 15.1. The molecule has 0 amide bonds. The first-order valence-electron chi connectivity index (χ1n) is 26.3. The van der Waals surface area contributed by atoms with Gasteiger partial charge in [-0.1, -0.05) is 97.1 Å². The molecule has 0 aliphatic carbocycles. The standard InChI is InChI=1S/C68H74O8/c1-37-25-49(13-17-59(37)69)57(50-14-18-60(70)38(2)26-50)21-23-67(53-15-19-61(71)39(3)31-53,54-16-20-62(72)40(4)32-54)68(55-33-45(9)65(75)46(10)34-55,56-35-47(11)66(76)48(12)36-56)24-22-58(51-27-41(5)63(73)42(6)28-51)52-29-43(7)64(74)44(8)30-52/h13-20,25-36,57-58,69-76H,21-24H2,1-12H3. The van der Waals surface area contributed by atoms with Crippen LogP contribution in [0.2, 0.25) is 0 Å². The highest BCUT2D eigenvalue weighted by Crippen LogP contribution is 2.61. The molecule has 0 heterocycles. The number of aromatic hydroxyl groups is 8. The van der Waals surface area contributed by atoms with Crippen molar-refractivity contribution in [3.05, 3.63) is 233 Å². The normalized spacial score (nSPS) is 12.0. The molecular weight excluding hydrogens is 945 g/mol. The van der Waals surface area contributed by atoms with Crippen LogP contribution in [0.4, 0.5) is 0 Å². The average molecular weight is 1020 g/mol. The topological polar surface area (TPSA) is 162 Å². The summed E-state index contributed by atoms with van der Waals surface area (Å²) in [5.74, 6) is 0.836. The zero-order valence-corrected chi connectivity index (χ0v) is 46.1. The third-order valence-corrected chi connectivity index (χ3v) is 16.8. The number of phenols is 8. The van der Waals surface area contributed by atoms with Crippen molar-refractivity contribution in [2.24, 2.45) is 0 Å². The molecular formula is C68H74O8. The molecule has 0 aromatic heterocycles. The van der Waals surface area contributed by atoms with E-state index >= 15 is 0 Å².